The number of carbonyl (C=O) groups excluding carboxylic acids is 1. The average molecular weight is 206 g/mol. The minimum absolute atomic E-state index is 0.162. The highest BCUT2D eigenvalue weighted by molar-refractivity contribution is 5.90. The average Bonchev–Trinajstić information content (AvgIpc) is 2.15. The van der Waals surface area contributed by atoms with Crippen molar-refractivity contribution in [2.75, 3.05) is 0 Å². The summed E-state index contributed by atoms with van der Waals surface area (Å²) in [6.07, 6.45) is 8.49. The predicted octanol–water partition coefficient (Wildman–Crippen LogP) is 3.90. The van der Waals surface area contributed by atoms with Gasteiger partial charge in [0.25, 0.3) is 0 Å². The van der Waals surface area contributed by atoms with Crippen LogP contribution in [0, 0.1) is 10.8 Å². The van der Waals surface area contributed by atoms with Crippen molar-refractivity contribution in [3.63, 3.8) is 0 Å². The van der Waals surface area contributed by atoms with E-state index in [2.05, 4.69) is 27.0 Å². The quantitative estimate of drug-likeness (QED) is 0.637. The summed E-state index contributed by atoms with van der Waals surface area (Å²) >= 11 is 0. The highest BCUT2D eigenvalue weighted by atomic mass is 16.1. The van der Waals surface area contributed by atoms with Crippen LogP contribution in [-0.2, 0) is 4.79 Å². The monoisotopic (exact) mass is 206 g/mol. The lowest BCUT2D eigenvalue weighted by Crippen LogP contribution is -2.44. The van der Waals surface area contributed by atoms with Crippen molar-refractivity contribution in [3.8, 4) is 0 Å². The number of ketones is 1. The molecule has 1 aliphatic rings. The highest BCUT2D eigenvalue weighted by Gasteiger charge is 2.46. The molecule has 0 saturated heterocycles. The van der Waals surface area contributed by atoms with Gasteiger partial charge in [-0.15, -0.1) is 13.2 Å². The lowest BCUT2D eigenvalue weighted by atomic mass is 9.60. The SMILES string of the molecule is C=CCC1(CC=C)CCCC(C)(C)C1=O. The van der Waals surface area contributed by atoms with Crippen molar-refractivity contribution in [2.45, 2.75) is 46.0 Å². The molecule has 1 heteroatoms. The van der Waals surface area contributed by atoms with Gasteiger partial charge in [-0.25, -0.2) is 0 Å². The van der Waals surface area contributed by atoms with Gasteiger partial charge in [-0.1, -0.05) is 32.4 Å². The van der Waals surface area contributed by atoms with Crippen molar-refractivity contribution in [1.29, 1.82) is 0 Å². The fourth-order valence-electron chi connectivity index (χ4n) is 2.84. The molecular weight excluding hydrogens is 184 g/mol. The van der Waals surface area contributed by atoms with Gasteiger partial charge in [-0.05, 0) is 25.7 Å². The summed E-state index contributed by atoms with van der Waals surface area (Å²) in [7, 11) is 0. The van der Waals surface area contributed by atoms with Crippen LogP contribution in [0.2, 0.25) is 0 Å². The third-order valence-corrected chi connectivity index (χ3v) is 3.62. The summed E-state index contributed by atoms with van der Waals surface area (Å²) in [5, 5.41) is 0. The standard InChI is InChI=1S/C14H22O/c1-5-8-14(9-6-2)11-7-10-13(3,4)12(14)15/h5-6H,1-2,7-11H2,3-4H3. The summed E-state index contributed by atoms with van der Waals surface area (Å²) in [4.78, 5) is 12.5. The van der Waals surface area contributed by atoms with Gasteiger partial charge < -0.3 is 0 Å². The molecule has 1 nitrogen and oxygen atoms in total. The van der Waals surface area contributed by atoms with E-state index in [0.717, 1.165) is 32.1 Å². The summed E-state index contributed by atoms with van der Waals surface area (Å²) in [6.45, 7) is 11.7. The fraction of sp³-hybridized carbons (Fsp3) is 0.643. The molecule has 1 saturated carbocycles. The van der Waals surface area contributed by atoms with Crippen molar-refractivity contribution in [2.24, 2.45) is 10.8 Å². The molecule has 0 amide bonds. The zero-order valence-corrected chi connectivity index (χ0v) is 10.0. The first kappa shape index (κ1) is 12.2. The van der Waals surface area contributed by atoms with Gasteiger partial charge in [0.05, 0.1) is 0 Å². The highest BCUT2D eigenvalue weighted by Crippen LogP contribution is 2.47. The first-order chi connectivity index (χ1) is 6.98. The first-order valence-electron chi connectivity index (χ1n) is 5.75. The zero-order chi connectivity index (χ0) is 11.5. The Morgan fingerprint density at radius 3 is 2.20 bits per heavy atom. The van der Waals surface area contributed by atoms with Crippen LogP contribution < -0.4 is 0 Å². The lowest BCUT2D eigenvalue weighted by Gasteiger charge is -2.42. The Morgan fingerprint density at radius 1 is 1.20 bits per heavy atom. The molecule has 0 heterocycles. The maximum Gasteiger partial charge on any atom is 0.145 e. The molecule has 0 unspecified atom stereocenters. The van der Waals surface area contributed by atoms with E-state index in [1.54, 1.807) is 0 Å². The third-order valence-electron chi connectivity index (χ3n) is 3.62. The second kappa shape index (κ2) is 4.34. The van der Waals surface area contributed by atoms with Crippen molar-refractivity contribution in [3.05, 3.63) is 25.3 Å². The summed E-state index contributed by atoms with van der Waals surface area (Å²) in [5.74, 6) is 0.404. The van der Waals surface area contributed by atoms with Gasteiger partial charge in [0.1, 0.15) is 5.78 Å². The maximum atomic E-state index is 12.5. The Labute approximate surface area is 93.3 Å². The van der Waals surface area contributed by atoms with Crippen LogP contribution in [0.25, 0.3) is 0 Å². The largest absolute Gasteiger partial charge is 0.298 e. The molecule has 0 aromatic rings. The van der Waals surface area contributed by atoms with E-state index >= 15 is 0 Å². The molecule has 15 heavy (non-hydrogen) atoms. The Balaban J connectivity index is 2.99. The Kier molecular flexibility index (Phi) is 3.54. The van der Waals surface area contributed by atoms with Crippen LogP contribution in [-0.4, -0.2) is 5.78 Å². The van der Waals surface area contributed by atoms with Gasteiger partial charge in [-0.2, -0.15) is 0 Å². The summed E-state index contributed by atoms with van der Waals surface area (Å²) in [6, 6.07) is 0. The van der Waals surface area contributed by atoms with Crippen LogP contribution >= 0.6 is 0 Å². The van der Waals surface area contributed by atoms with Crippen LogP contribution in [0.3, 0.4) is 0 Å². The molecule has 1 aliphatic carbocycles. The van der Waals surface area contributed by atoms with Gasteiger partial charge in [0, 0.05) is 10.8 Å². The normalized spacial score (nSPS) is 23.5. The molecule has 84 valence electrons. The third kappa shape index (κ3) is 2.22. The minimum atomic E-state index is -0.203. The van der Waals surface area contributed by atoms with Crippen molar-refractivity contribution >= 4 is 5.78 Å². The second-order valence-corrected chi connectivity index (χ2v) is 5.33. The topological polar surface area (TPSA) is 17.1 Å². The van der Waals surface area contributed by atoms with Crippen LogP contribution in [0.1, 0.15) is 46.0 Å². The van der Waals surface area contributed by atoms with Gasteiger partial charge in [0.15, 0.2) is 0 Å². The van der Waals surface area contributed by atoms with Gasteiger partial charge >= 0.3 is 0 Å². The summed E-state index contributed by atoms with van der Waals surface area (Å²) < 4.78 is 0. The number of allylic oxidation sites excluding steroid dienone is 2. The van der Waals surface area contributed by atoms with Crippen LogP contribution in [0.5, 0.6) is 0 Å². The van der Waals surface area contributed by atoms with E-state index in [4.69, 9.17) is 0 Å². The zero-order valence-electron chi connectivity index (χ0n) is 10.0. The Morgan fingerprint density at radius 2 is 1.73 bits per heavy atom. The van der Waals surface area contributed by atoms with Gasteiger partial charge in [0.2, 0.25) is 0 Å². The van der Waals surface area contributed by atoms with Crippen LogP contribution in [0.15, 0.2) is 25.3 Å². The Bertz CT molecular complexity index is 263. The number of Topliss-reactive ketones (excluding diaryl/α,β-unsaturated/α-hetero) is 1. The number of hydrogen-bond donors (Lipinski definition) is 0. The van der Waals surface area contributed by atoms with E-state index in [9.17, 15) is 4.79 Å². The molecule has 0 N–H and O–H groups in total. The molecule has 0 aromatic heterocycles. The predicted molar refractivity (Wildman–Crippen MR) is 64.7 cm³/mol. The Hall–Kier alpha value is -0.850. The number of hydrogen-bond acceptors (Lipinski definition) is 1. The van der Waals surface area contributed by atoms with E-state index in [1.165, 1.54) is 0 Å². The smallest absolute Gasteiger partial charge is 0.145 e. The maximum absolute atomic E-state index is 12.5. The molecule has 1 fully saturated rings. The molecular formula is C14H22O. The molecule has 0 aliphatic heterocycles. The molecule has 0 atom stereocenters. The second-order valence-electron chi connectivity index (χ2n) is 5.33. The molecule has 0 spiro atoms. The van der Waals surface area contributed by atoms with E-state index in [0.29, 0.717) is 5.78 Å². The van der Waals surface area contributed by atoms with Crippen LogP contribution in [0.4, 0.5) is 0 Å². The minimum Gasteiger partial charge on any atom is -0.298 e. The molecule has 0 radical (unpaired) electrons. The van der Waals surface area contributed by atoms with E-state index < -0.39 is 0 Å². The molecule has 0 bridgehead atoms. The van der Waals surface area contributed by atoms with E-state index in [1.807, 2.05) is 12.2 Å². The number of rotatable bonds is 4. The molecule has 1 rings (SSSR count). The fourth-order valence-corrected chi connectivity index (χ4v) is 2.84. The van der Waals surface area contributed by atoms with Crippen molar-refractivity contribution in [1.82, 2.24) is 0 Å². The number of carbonyl (C=O) groups is 1. The van der Waals surface area contributed by atoms with Crippen molar-refractivity contribution < 1.29 is 4.79 Å². The molecule has 0 aromatic carbocycles. The van der Waals surface area contributed by atoms with E-state index in [-0.39, 0.29) is 10.8 Å². The lowest BCUT2D eigenvalue weighted by molar-refractivity contribution is -0.141. The van der Waals surface area contributed by atoms with Gasteiger partial charge in [-0.3, -0.25) is 4.79 Å². The first-order valence-corrected chi connectivity index (χ1v) is 5.75. The summed E-state index contributed by atoms with van der Waals surface area (Å²) in [5.41, 5.74) is -0.366.